The highest BCUT2D eigenvalue weighted by molar-refractivity contribution is 5.91. The van der Waals surface area contributed by atoms with Crippen LogP contribution < -0.4 is 5.32 Å². The third-order valence-electron chi connectivity index (χ3n) is 2.07. The standard InChI is InChI=1S/C11H17NO2/c1-4-7-11(2,3)12-10(13)9-6-5-8-14-9/h5-6,8H,4,7H2,1-3H3,(H,12,13). The number of amides is 1. The number of nitrogens with one attached hydrogen (secondary N) is 1. The second-order valence-electron chi connectivity index (χ2n) is 4.07. The highest BCUT2D eigenvalue weighted by Gasteiger charge is 2.20. The van der Waals surface area contributed by atoms with Gasteiger partial charge >= 0.3 is 0 Å². The van der Waals surface area contributed by atoms with Gasteiger partial charge in [0.05, 0.1) is 6.26 Å². The van der Waals surface area contributed by atoms with Gasteiger partial charge in [-0.15, -0.1) is 0 Å². The molecule has 0 saturated carbocycles. The Balaban J connectivity index is 2.57. The van der Waals surface area contributed by atoms with Crippen LogP contribution in [0.3, 0.4) is 0 Å². The van der Waals surface area contributed by atoms with Gasteiger partial charge in [0.15, 0.2) is 5.76 Å². The van der Waals surface area contributed by atoms with Crippen LogP contribution in [0.15, 0.2) is 22.8 Å². The fourth-order valence-corrected chi connectivity index (χ4v) is 1.46. The van der Waals surface area contributed by atoms with Crippen LogP contribution in [0.5, 0.6) is 0 Å². The maximum atomic E-state index is 11.6. The Morgan fingerprint density at radius 3 is 2.79 bits per heavy atom. The van der Waals surface area contributed by atoms with E-state index in [0.29, 0.717) is 5.76 Å². The minimum absolute atomic E-state index is 0.145. The molecule has 3 nitrogen and oxygen atoms in total. The lowest BCUT2D eigenvalue weighted by molar-refractivity contribution is 0.0880. The van der Waals surface area contributed by atoms with Gasteiger partial charge in [0.2, 0.25) is 0 Å². The van der Waals surface area contributed by atoms with E-state index >= 15 is 0 Å². The van der Waals surface area contributed by atoms with Gasteiger partial charge in [-0.25, -0.2) is 0 Å². The molecule has 0 aliphatic heterocycles. The summed E-state index contributed by atoms with van der Waals surface area (Å²) in [6.07, 6.45) is 3.51. The molecule has 1 N–H and O–H groups in total. The number of hydrogen-bond acceptors (Lipinski definition) is 2. The van der Waals surface area contributed by atoms with Crippen LogP contribution >= 0.6 is 0 Å². The molecule has 3 heteroatoms. The van der Waals surface area contributed by atoms with Crippen LogP contribution in [0.25, 0.3) is 0 Å². The van der Waals surface area contributed by atoms with Crippen LogP contribution in [-0.4, -0.2) is 11.4 Å². The summed E-state index contributed by atoms with van der Waals surface area (Å²) in [5.74, 6) is 0.225. The second-order valence-corrected chi connectivity index (χ2v) is 4.07. The molecule has 0 bridgehead atoms. The van der Waals surface area contributed by atoms with E-state index in [1.807, 2.05) is 13.8 Å². The van der Waals surface area contributed by atoms with Crippen LogP contribution in [0.2, 0.25) is 0 Å². The predicted octanol–water partition coefficient (Wildman–Crippen LogP) is 2.59. The lowest BCUT2D eigenvalue weighted by Crippen LogP contribution is -2.43. The van der Waals surface area contributed by atoms with E-state index < -0.39 is 0 Å². The number of furan rings is 1. The van der Waals surface area contributed by atoms with E-state index in [1.54, 1.807) is 12.1 Å². The molecule has 1 heterocycles. The van der Waals surface area contributed by atoms with Crippen molar-refractivity contribution in [2.75, 3.05) is 0 Å². The molecule has 0 saturated heterocycles. The van der Waals surface area contributed by atoms with Crippen molar-refractivity contribution in [3.63, 3.8) is 0 Å². The van der Waals surface area contributed by atoms with E-state index in [2.05, 4.69) is 12.2 Å². The van der Waals surface area contributed by atoms with Crippen molar-refractivity contribution in [1.82, 2.24) is 5.32 Å². The van der Waals surface area contributed by atoms with Gasteiger partial charge in [0.25, 0.3) is 5.91 Å². The smallest absolute Gasteiger partial charge is 0.287 e. The third-order valence-corrected chi connectivity index (χ3v) is 2.07. The first-order chi connectivity index (χ1) is 6.55. The summed E-state index contributed by atoms with van der Waals surface area (Å²) in [5.41, 5.74) is -0.168. The summed E-state index contributed by atoms with van der Waals surface area (Å²) in [6.45, 7) is 6.12. The summed E-state index contributed by atoms with van der Waals surface area (Å²) < 4.78 is 5.01. The van der Waals surface area contributed by atoms with Crippen molar-refractivity contribution >= 4 is 5.91 Å². The van der Waals surface area contributed by atoms with Crippen LogP contribution in [0.4, 0.5) is 0 Å². The number of rotatable bonds is 4. The zero-order chi connectivity index (χ0) is 10.6. The highest BCUT2D eigenvalue weighted by Crippen LogP contribution is 2.12. The quantitative estimate of drug-likeness (QED) is 0.802. The van der Waals surface area contributed by atoms with Crippen LogP contribution in [0, 0.1) is 0 Å². The fraction of sp³-hybridized carbons (Fsp3) is 0.545. The zero-order valence-electron chi connectivity index (χ0n) is 8.96. The maximum absolute atomic E-state index is 11.6. The minimum atomic E-state index is -0.168. The van der Waals surface area contributed by atoms with Crippen LogP contribution in [0.1, 0.15) is 44.2 Å². The molecule has 0 fully saturated rings. The molecular formula is C11H17NO2. The molecule has 0 aliphatic carbocycles. The van der Waals surface area contributed by atoms with Gasteiger partial charge in [-0.05, 0) is 32.4 Å². The summed E-state index contributed by atoms with van der Waals surface area (Å²) in [4.78, 5) is 11.6. The Labute approximate surface area is 84.5 Å². The van der Waals surface area contributed by atoms with Gasteiger partial charge in [0.1, 0.15) is 0 Å². The minimum Gasteiger partial charge on any atom is -0.459 e. The molecule has 0 aliphatic rings. The maximum Gasteiger partial charge on any atom is 0.287 e. The Bertz CT molecular complexity index is 288. The van der Waals surface area contributed by atoms with Crippen molar-refractivity contribution < 1.29 is 9.21 Å². The average Bonchev–Trinajstić information content (AvgIpc) is 2.53. The number of hydrogen-bond donors (Lipinski definition) is 1. The molecule has 1 aromatic rings. The highest BCUT2D eigenvalue weighted by atomic mass is 16.3. The van der Waals surface area contributed by atoms with Crippen molar-refractivity contribution in [1.29, 1.82) is 0 Å². The average molecular weight is 195 g/mol. The molecule has 0 unspecified atom stereocenters. The Morgan fingerprint density at radius 1 is 1.57 bits per heavy atom. The first kappa shape index (κ1) is 10.8. The van der Waals surface area contributed by atoms with E-state index in [0.717, 1.165) is 12.8 Å². The largest absolute Gasteiger partial charge is 0.459 e. The van der Waals surface area contributed by atoms with Gasteiger partial charge in [0, 0.05) is 5.54 Å². The van der Waals surface area contributed by atoms with Gasteiger partial charge in [-0.1, -0.05) is 13.3 Å². The normalized spacial score (nSPS) is 11.4. The monoisotopic (exact) mass is 195 g/mol. The Morgan fingerprint density at radius 2 is 2.29 bits per heavy atom. The van der Waals surface area contributed by atoms with E-state index in [-0.39, 0.29) is 11.4 Å². The molecule has 78 valence electrons. The van der Waals surface area contributed by atoms with Gasteiger partial charge in [-0.3, -0.25) is 4.79 Å². The van der Waals surface area contributed by atoms with E-state index in [9.17, 15) is 4.79 Å². The first-order valence-corrected chi connectivity index (χ1v) is 4.91. The summed E-state index contributed by atoms with van der Waals surface area (Å²) >= 11 is 0. The van der Waals surface area contributed by atoms with Crippen molar-refractivity contribution in [2.45, 2.75) is 39.2 Å². The molecule has 0 atom stereocenters. The Hall–Kier alpha value is -1.25. The van der Waals surface area contributed by atoms with Gasteiger partial charge in [-0.2, -0.15) is 0 Å². The molecule has 1 amide bonds. The molecule has 0 spiro atoms. The van der Waals surface area contributed by atoms with E-state index in [1.165, 1.54) is 6.26 Å². The fourth-order valence-electron chi connectivity index (χ4n) is 1.46. The Kier molecular flexibility index (Phi) is 3.33. The lowest BCUT2D eigenvalue weighted by atomic mass is 9.99. The van der Waals surface area contributed by atoms with E-state index in [4.69, 9.17) is 4.42 Å². The topological polar surface area (TPSA) is 42.2 Å². The second kappa shape index (κ2) is 4.31. The molecule has 0 radical (unpaired) electrons. The first-order valence-electron chi connectivity index (χ1n) is 4.91. The number of carbonyl (C=O) groups is 1. The van der Waals surface area contributed by atoms with Crippen molar-refractivity contribution in [3.8, 4) is 0 Å². The SMILES string of the molecule is CCCC(C)(C)NC(=O)c1ccco1. The molecule has 1 rings (SSSR count). The lowest BCUT2D eigenvalue weighted by Gasteiger charge is -2.24. The molecule has 14 heavy (non-hydrogen) atoms. The molecule has 0 aromatic carbocycles. The number of carbonyl (C=O) groups excluding carboxylic acids is 1. The summed E-state index contributed by atoms with van der Waals surface area (Å²) in [6, 6.07) is 3.37. The molecular weight excluding hydrogens is 178 g/mol. The van der Waals surface area contributed by atoms with Crippen molar-refractivity contribution in [3.05, 3.63) is 24.2 Å². The summed E-state index contributed by atoms with van der Waals surface area (Å²) in [5, 5.41) is 2.93. The summed E-state index contributed by atoms with van der Waals surface area (Å²) in [7, 11) is 0. The predicted molar refractivity (Wildman–Crippen MR) is 55.2 cm³/mol. The van der Waals surface area contributed by atoms with Crippen molar-refractivity contribution in [2.24, 2.45) is 0 Å². The van der Waals surface area contributed by atoms with Crippen LogP contribution in [-0.2, 0) is 0 Å². The zero-order valence-corrected chi connectivity index (χ0v) is 8.96. The van der Waals surface area contributed by atoms with Gasteiger partial charge < -0.3 is 9.73 Å². The molecule has 1 aromatic heterocycles. The third kappa shape index (κ3) is 2.91.